The molecular weight excluding hydrogens is 486 g/mol. The Morgan fingerprint density at radius 3 is 1.21 bits per heavy atom. The van der Waals surface area contributed by atoms with Crippen molar-refractivity contribution in [3.8, 4) is 33.8 Å². The van der Waals surface area contributed by atoms with E-state index < -0.39 is 15.6 Å². The van der Waals surface area contributed by atoms with Gasteiger partial charge in [-0.25, -0.2) is 9.13 Å². The predicted molar refractivity (Wildman–Crippen MR) is 128 cm³/mol. The molecule has 0 fully saturated rings. The zero-order chi connectivity index (χ0) is 26.4. The Hall–Kier alpha value is -2.52. The van der Waals surface area contributed by atoms with Crippen molar-refractivity contribution in [3.63, 3.8) is 0 Å². The molecule has 3 aromatic carbocycles. The smallest absolute Gasteiger partial charge is 0.466 e. The minimum Gasteiger partial charge on any atom is -0.507 e. The van der Waals surface area contributed by atoms with E-state index in [0.717, 1.165) is 38.9 Å². The molecule has 0 aliphatic heterocycles. The summed E-state index contributed by atoms with van der Waals surface area (Å²) in [5.74, 6) is 0.227. The van der Waals surface area contributed by atoms with Crippen LogP contribution in [0, 0.1) is 27.7 Å². The van der Waals surface area contributed by atoms with Gasteiger partial charge in [-0.1, -0.05) is 36.4 Å². The van der Waals surface area contributed by atoms with E-state index in [0.29, 0.717) is 5.56 Å². The largest absolute Gasteiger partial charge is 0.507 e. The second-order valence-electron chi connectivity index (χ2n) is 7.42. The first-order valence-corrected chi connectivity index (χ1v) is 12.8. The van der Waals surface area contributed by atoms with Gasteiger partial charge in [0.2, 0.25) is 0 Å². The third kappa shape index (κ3) is 9.38. The van der Waals surface area contributed by atoms with Crippen LogP contribution in [0.25, 0.3) is 22.3 Å². The summed E-state index contributed by atoms with van der Waals surface area (Å²) in [5, 5.41) is 21.5. The highest BCUT2D eigenvalue weighted by Gasteiger charge is 2.20. The van der Waals surface area contributed by atoms with Crippen molar-refractivity contribution in [1.29, 1.82) is 0 Å². The first-order chi connectivity index (χ1) is 15.4. The summed E-state index contributed by atoms with van der Waals surface area (Å²) in [5.41, 5.74) is 7.42. The monoisotopic (exact) mass is 514 g/mol. The zero-order valence-electron chi connectivity index (χ0n) is 18.9. The maximum Gasteiger partial charge on any atom is 0.466 e. The Morgan fingerprint density at radius 1 is 0.529 bits per heavy atom. The number of phenolic OH excluding ortho intramolecular Hbond substituents is 2. The molecule has 0 saturated heterocycles. The minimum absolute atomic E-state index is 0.0971. The third-order valence-corrected chi connectivity index (χ3v) is 4.64. The van der Waals surface area contributed by atoms with Crippen LogP contribution in [0.4, 0.5) is 0 Å². The van der Waals surface area contributed by atoms with Crippen LogP contribution in [-0.2, 0) is 9.13 Å². The van der Waals surface area contributed by atoms with Crippen LogP contribution in [0.5, 0.6) is 11.5 Å². The van der Waals surface area contributed by atoms with E-state index in [1.165, 1.54) is 0 Å². The van der Waals surface area contributed by atoms with Crippen molar-refractivity contribution in [2.75, 3.05) is 0 Å². The van der Waals surface area contributed by atoms with E-state index in [2.05, 4.69) is 0 Å². The van der Waals surface area contributed by atoms with Gasteiger partial charge in [0.1, 0.15) is 11.5 Å². The maximum atomic E-state index is 11.0. The van der Waals surface area contributed by atoms with Crippen molar-refractivity contribution in [3.05, 3.63) is 70.8 Å². The number of hydrogen-bond donors (Lipinski definition) is 8. The molecule has 0 saturated carbocycles. The molecule has 0 radical (unpaired) electrons. The lowest BCUT2D eigenvalue weighted by Crippen LogP contribution is -1.93. The van der Waals surface area contributed by atoms with Gasteiger partial charge in [0.25, 0.3) is 0 Å². The van der Waals surface area contributed by atoms with Crippen LogP contribution in [0.2, 0.25) is 0 Å². The first-order valence-electron chi connectivity index (χ1n) is 9.66. The van der Waals surface area contributed by atoms with Crippen molar-refractivity contribution in [1.82, 2.24) is 0 Å². The molecule has 10 nitrogen and oxygen atoms in total. The molecule has 0 unspecified atom stereocenters. The Bertz CT molecular complexity index is 1170. The standard InChI is InChI=1S/C22H22O2.2H3O4P/c1-13-7-5-8-14(2)19(13)17-11-12-18(23)21(22(17)24)20-15(3)9-6-10-16(20)4;2*1-5(2,3)4/h5-12,23-24H,1-4H3;2*(H3,1,2,3,4). The lowest BCUT2D eigenvalue weighted by molar-refractivity contribution is 0.272. The number of aryl methyl sites for hydroxylation is 4. The molecular formula is C22H28O10P2. The fourth-order valence-electron chi connectivity index (χ4n) is 3.48. The SMILES string of the molecule is Cc1cccc(C)c1-c1ccc(O)c(-c2c(C)cccc2C)c1O.O=P(O)(O)O.O=P(O)(O)O. The fourth-order valence-corrected chi connectivity index (χ4v) is 3.48. The van der Waals surface area contributed by atoms with E-state index in [1.807, 2.05) is 64.1 Å². The zero-order valence-corrected chi connectivity index (χ0v) is 20.7. The van der Waals surface area contributed by atoms with Crippen molar-refractivity contribution >= 4 is 15.6 Å². The highest BCUT2D eigenvalue weighted by Crippen LogP contribution is 2.46. The number of phenols is 2. The van der Waals surface area contributed by atoms with Gasteiger partial charge in [0.05, 0.1) is 5.56 Å². The van der Waals surface area contributed by atoms with Crippen LogP contribution in [0.1, 0.15) is 22.3 Å². The molecule has 8 N–H and O–H groups in total. The van der Waals surface area contributed by atoms with Crippen LogP contribution in [-0.4, -0.2) is 39.6 Å². The molecule has 0 bridgehead atoms. The molecule has 186 valence electrons. The van der Waals surface area contributed by atoms with Gasteiger partial charge in [-0.15, -0.1) is 0 Å². The Labute approximate surface area is 196 Å². The van der Waals surface area contributed by atoms with Gasteiger partial charge in [0.15, 0.2) is 0 Å². The van der Waals surface area contributed by atoms with Crippen LogP contribution < -0.4 is 0 Å². The summed E-state index contributed by atoms with van der Waals surface area (Å²) >= 11 is 0. The average molecular weight is 514 g/mol. The molecule has 0 aromatic heterocycles. The summed E-state index contributed by atoms with van der Waals surface area (Å²) in [6.45, 7) is 8.06. The quantitative estimate of drug-likeness (QED) is 0.233. The highest BCUT2D eigenvalue weighted by atomic mass is 31.2. The third-order valence-electron chi connectivity index (χ3n) is 4.64. The van der Waals surface area contributed by atoms with E-state index in [1.54, 1.807) is 12.1 Å². The van der Waals surface area contributed by atoms with Gasteiger partial charge in [-0.3, -0.25) is 0 Å². The minimum atomic E-state index is -4.64. The number of aromatic hydroxyl groups is 2. The van der Waals surface area contributed by atoms with E-state index in [-0.39, 0.29) is 11.5 Å². The lowest BCUT2D eigenvalue weighted by Gasteiger charge is -2.18. The average Bonchev–Trinajstić information content (AvgIpc) is 2.63. The van der Waals surface area contributed by atoms with Crippen LogP contribution in [0.3, 0.4) is 0 Å². The van der Waals surface area contributed by atoms with Gasteiger partial charge >= 0.3 is 15.6 Å². The summed E-state index contributed by atoms with van der Waals surface area (Å²) in [6.07, 6.45) is 0. The first kappa shape index (κ1) is 29.5. The Kier molecular flexibility index (Phi) is 10.2. The fraction of sp³-hybridized carbons (Fsp3) is 0.182. The summed E-state index contributed by atoms with van der Waals surface area (Å²) in [7, 11) is -9.28. The van der Waals surface area contributed by atoms with Gasteiger partial charge in [-0.05, 0) is 73.2 Å². The molecule has 0 aliphatic rings. The number of phosphoric acid groups is 2. The second-order valence-corrected chi connectivity index (χ2v) is 9.47. The number of hydrogen-bond acceptors (Lipinski definition) is 4. The molecule has 12 heteroatoms. The molecule has 0 heterocycles. The Morgan fingerprint density at radius 2 is 0.853 bits per heavy atom. The van der Waals surface area contributed by atoms with Crippen molar-refractivity contribution in [2.24, 2.45) is 0 Å². The van der Waals surface area contributed by atoms with Gasteiger partial charge < -0.3 is 39.6 Å². The lowest BCUT2D eigenvalue weighted by atomic mass is 9.89. The molecule has 0 aliphatic carbocycles. The van der Waals surface area contributed by atoms with Crippen molar-refractivity contribution in [2.45, 2.75) is 27.7 Å². The van der Waals surface area contributed by atoms with Crippen LogP contribution in [0.15, 0.2) is 48.5 Å². The van der Waals surface area contributed by atoms with Crippen molar-refractivity contribution < 1.29 is 48.7 Å². The topological polar surface area (TPSA) is 196 Å². The molecule has 0 amide bonds. The van der Waals surface area contributed by atoms with Gasteiger partial charge in [-0.2, -0.15) is 0 Å². The molecule has 0 spiro atoms. The summed E-state index contributed by atoms with van der Waals surface area (Å²) in [4.78, 5) is 43.1. The molecule has 0 atom stereocenters. The molecule has 34 heavy (non-hydrogen) atoms. The van der Waals surface area contributed by atoms with E-state index >= 15 is 0 Å². The molecule has 3 aromatic rings. The number of rotatable bonds is 2. The van der Waals surface area contributed by atoms with Gasteiger partial charge in [0, 0.05) is 5.56 Å². The Balaban J connectivity index is 0.000000489. The second kappa shape index (κ2) is 11.8. The highest BCUT2D eigenvalue weighted by molar-refractivity contribution is 7.45. The van der Waals surface area contributed by atoms with E-state index in [4.69, 9.17) is 38.5 Å². The maximum absolute atomic E-state index is 11.0. The summed E-state index contributed by atoms with van der Waals surface area (Å²) in [6, 6.07) is 15.5. The van der Waals surface area contributed by atoms with E-state index in [9.17, 15) is 10.2 Å². The predicted octanol–water partition coefficient (Wildman–Crippen LogP) is 3.81. The summed E-state index contributed by atoms with van der Waals surface area (Å²) < 4.78 is 17.8. The number of benzene rings is 3. The normalized spacial score (nSPS) is 11.1. The molecule has 3 rings (SSSR count). The van der Waals surface area contributed by atoms with Crippen LogP contribution >= 0.6 is 15.6 Å².